The van der Waals surface area contributed by atoms with Gasteiger partial charge in [-0.1, -0.05) is 44.2 Å². The molecule has 2 heterocycles. The Morgan fingerprint density at radius 2 is 1.69 bits per heavy atom. The van der Waals surface area contributed by atoms with Gasteiger partial charge in [0.25, 0.3) is 11.8 Å². The molecule has 3 rings (SSSR count). The molecular weight excluding hydrogens is 404 g/mol. The van der Waals surface area contributed by atoms with Gasteiger partial charge in [-0.25, -0.2) is 0 Å². The Kier molecular flexibility index (Phi) is 7.85. The molecule has 1 atom stereocenters. The van der Waals surface area contributed by atoms with Crippen LogP contribution in [-0.4, -0.2) is 47.0 Å². The highest BCUT2D eigenvalue weighted by molar-refractivity contribution is 5.99. The number of pyridine rings is 1. The molecule has 2 aromatic rings. The zero-order valence-electron chi connectivity index (χ0n) is 19.4. The van der Waals surface area contributed by atoms with Gasteiger partial charge in [0.2, 0.25) is 5.43 Å². The molecule has 1 aromatic carbocycles. The van der Waals surface area contributed by atoms with Crippen molar-refractivity contribution in [3.63, 3.8) is 0 Å². The molecule has 1 aromatic heterocycles. The molecule has 172 valence electrons. The first-order chi connectivity index (χ1) is 15.2. The van der Waals surface area contributed by atoms with Gasteiger partial charge >= 0.3 is 0 Å². The SMILES string of the molecule is CC(C)CNC(=O)c1cn(C(C)C)cc(C(=O)NC2CCN(Cc3ccccc3)C2)c1=O. The third kappa shape index (κ3) is 6.07. The lowest BCUT2D eigenvalue weighted by Gasteiger charge is -2.18. The highest BCUT2D eigenvalue weighted by atomic mass is 16.2. The zero-order chi connectivity index (χ0) is 23.3. The third-order valence-electron chi connectivity index (χ3n) is 5.66. The smallest absolute Gasteiger partial charge is 0.257 e. The maximum atomic E-state index is 13.0. The van der Waals surface area contributed by atoms with E-state index in [1.165, 1.54) is 11.8 Å². The number of hydrogen-bond acceptors (Lipinski definition) is 4. The predicted octanol–water partition coefficient (Wildman–Crippen LogP) is 2.82. The van der Waals surface area contributed by atoms with Gasteiger partial charge in [0.15, 0.2) is 0 Å². The van der Waals surface area contributed by atoms with Gasteiger partial charge in [0.05, 0.1) is 0 Å². The zero-order valence-corrected chi connectivity index (χ0v) is 19.4. The Balaban J connectivity index is 1.73. The molecule has 0 aliphatic carbocycles. The fourth-order valence-corrected chi connectivity index (χ4v) is 3.81. The van der Waals surface area contributed by atoms with E-state index in [-0.39, 0.29) is 29.1 Å². The summed E-state index contributed by atoms with van der Waals surface area (Å²) in [5.74, 6) is -0.601. The number of likely N-dealkylation sites (tertiary alicyclic amines) is 1. The van der Waals surface area contributed by atoms with Crippen LogP contribution in [0.1, 0.15) is 66.4 Å². The topological polar surface area (TPSA) is 83.4 Å². The van der Waals surface area contributed by atoms with E-state index >= 15 is 0 Å². The summed E-state index contributed by atoms with van der Waals surface area (Å²) in [5, 5.41) is 5.79. The van der Waals surface area contributed by atoms with Gasteiger partial charge in [-0.2, -0.15) is 0 Å². The molecule has 1 unspecified atom stereocenters. The summed E-state index contributed by atoms with van der Waals surface area (Å²) in [6.45, 7) is 10.8. The first-order valence-corrected chi connectivity index (χ1v) is 11.4. The number of aromatic nitrogens is 1. The van der Waals surface area contributed by atoms with Crippen LogP contribution in [-0.2, 0) is 6.54 Å². The van der Waals surface area contributed by atoms with E-state index < -0.39 is 17.2 Å². The fraction of sp³-hybridized carbons (Fsp3) is 0.480. The molecule has 0 bridgehead atoms. The Morgan fingerprint density at radius 3 is 2.31 bits per heavy atom. The largest absolute Gasteiger partial charge is 0.352 e. The molecule has 7 nitrogen and oxygen atoms in total. The van der Waals surface area contributed by atoms with Crippen molar-refractivity contribution in [3.8, 4) is 0 Å². The van der Waals surface area contributed by atoms with E-state index in [4.69, 9.17) is 0 Å². The number of nitrogens with one attached hydrogen (secondary N) is 2. The number of benzene rings is 1. The maximum Gasteiger partial charge on any atom is 0.257 e. The van der Waals surface area contributed by atoms with E-state index in [2.05, 4.69) is 27.7 Å². The molecular formula is C25H34N4O3. The summed E-state index contributed by atoms with van der Waals surface area (Å²) < 4.78 is 1.75. The quantitative estimate of drug-likeness (QED) is 0.664. The van der Waals surface area contributed by atoms with E-state index in [1.54, 1.807) is 10.8 Å². The number of carbonyl (C=O) groups is 2. The van der Waals surface area contributed by atoms with Crippen LogP contribution in [0.5, 0.6) is 0 Å². The lowest BCUT2D eigenvalue weighted by Crippen LogP contribution is -2.41. The Morgan fingerprint density at radius 1 is 1.03 bits per heavy atom. The first-order valence-electron chi connectivity index (χ1n) is 11.4. The van der Waals surface area contributed by atoms with Gasteiger partial charge in [0, 0.05) is 50.7 Å². The van der Waals surface area contributed by atoms with Gasteiger partial charge in [-0.05, 0) is 31.7 Å². The average Bonchev–Trinajstić information content (AvgIpc) is 3.19. The van der Waals surface area contributed by atoms with E-state index in [0.717, 1.165) is 26.1 Å². The van der Waals surface area contributed by atoms with Crippen LogP contribution in [0.3, 0.4) is 0 Å². The highest BCUT2D eigenvalue weighted by Gasteiger charge is 2.26. The predicted molar refractivity (Wildman–Crippen MR) is 126 cm³/mol. The van der Waals surface area contributed by atoms with Crippen molar-refractivity contribution in [1.29, 1.82) is 0 Å². The van der Waals surface area contributed by atoms with Crippen molar-refractivity contribution in [2.75, 3.05) is 19.6 Å². The van der Waals surface area contributed by atoms with Gasteiger partial charge in [-0.3, -0.25) is 19.3 Å². The van der Waals surface area contributed by atoms with Crippen LogP contribution in [0, 0.1) is 5.92 Å². The minimum Gasteiger partial charge on any atom is -0.352 e. The monoisotopic (exact) mass is 438 g/mol. The van der Waals surface area contributed by atoms with Crippen LogP contribution >= 0.6 is 0 Å². The summed E-state index contributed by atoms with van der Waals surface area (Å²) in [4.78, 5) is 40.9. The molecule has 1 aliphatic rings. The molecule has 1 aliphatic heterocycles. The summed E-state index contributed by atoms with van der Waals surface area (Å²) in [6.07, 6.45) is 3.92. The maximum absolute atomic E-state index is 13.0. The molecule has 0 radical (unpaired) electrons. The van der Waals surface area contributed by atoms with Gasteiger partial charge in [-0.15, -0.1) is 0 Å². The number of amides is 2. The number of nitrogens with zero attached hydrogens (tertiary/aromatic N) is 2. The second-order valence-corrected chi connectivity index (χ2v) is 9.24. The van der Waals surface area contributed by atoms with Crippen molar-refractivity contribution in [3.05, 3.63) is 69.6 Å². The summed E-state index contributed by atoms with van der Waals surface area (Å²) in [7, 11) is 0. The molecule has 0 saturated carbocycles. The summed E-state index contributed by atoms with van der Waals surface area (Å²) >= 11 is 0. The molecule has 1 saturated heterocycles. The average molecular weight is 439 g/mol. The molecule has 1 fully saturated rings. The van der Waals surface area contributed by atoms with Gasteiger partial charge < -0.3 is 15.2 Å². The number of rotatable bonds is 8. The van der Waals surface area contributed by atoms with Gasteiger partial charge in [0.1, 0.15) is 11.1 Å². The fourth-order valence-electron chi connectivity index (χ4n) is 3.81. The van der Waals surface area contributed by atoms with Crippen LogP contribution < -0.4 is 16.1 Å². The summed E-state index contributed by atoms with van der Waals surface area (Å²) in [5.41, 5.74) is 0.723. The Hall–Kier alpha value is -2.93. The molecule has 32 heavy (non-hydrogen) atoms. The number of carbonyl (C=O) groups excluding carboxylic acids is 2. The van der Waals surface area contributed by atoms with Crippen molar-refractivity contribution < 1.29 is 9.59 Å². The Bertz CT molecular complexity index is 998. The normalized spacial score (nSPS) is 16.5. The molecule has 7 heteroatoms. The van der Waals surface area contributed by atoms with Crippen LogP contribution in [0.25, 0.3) is 0 Å². The van der Waals surface area contributed by atoms with Crippen molar-refractivity contribution >= 4 is 11.8 Å². The highest BCUT2D eigenvalue weighted by Crippen LogP contribution is 2.14. The second kappa shape index (κ2) is 10.6. The third-order valence-corrected chi connectivity index (χ3v) is 5.66. The molecule has 2 amide bonds. The molecule has 0 spiro atoms. The van der Waals surface area contributed by atoms with Crippen LogP contribution in [0.4, 0.5) is 0 Å². The minimum atomic E-state index is -0.528. The molecule has 2 N–H and O–H groups in total. The standard InChI is InChI=1S/C25H34N4O3/c1-17(2)12-26-24(31)21-15-29(18(3)4)16-22(23(21)30)25(32)27-20-10-11-28(14-20)13-19-8-6-5-7-9-19/h5-9,15-18,20H,10-14H2,1-4H3,(H,26,31)(H,27,32). The summed E-state index contributed by atoms with van der Waals surface area (Å²) in [6, 6.07) is 10.2. The first kappa shape index (κ1) is 23.7. The lowest BCUT2D eigenvalue weighted by atomic mass is 10.1. The van der Waals surface area contributed by atoms with E-state index in [1.807, 2.05) is 45.9 Å². The van der Waals surface area contributed by atoms with Crippen molar-refractivity contribution in [1.82, 2.24) is 20.1 Å². The van der Waals surface area contributed by atoms with E-state index in [0.29, 0.717) is 6.54 Å². The van der Waals surface area contributed by atoms with Crippen molar-refractivity contribution in [2.45, 2.75) is 52.7 Å². The second-order valence-electron chi connectivity index (χ2n) is 9.24. The van der Waals surface area contributed by atoms with Crippen LogP contribution in [0.2, 0.25) is 0 Å². The van der Waals surface area contributed by atoms with Crippen LogP contribution in [0.15, 0.2) is 47.5 Å². The minimum absolute atomic E-state index is 0.00382. The van der Waals surface area contributed by atoms with Crippen molar-refractivity contribution in [2.24, 2.45) is 5.92 Å². The van der Waals surface area contributed by atoms with E-state index in [9.17, 15) is 14.4 Å². The lowest BCUT2D eigenvalue weighted by molar-refractivity contribution is 0.0935. The number of hydrogen-bond donors (Lipinski definition) is 2. The Labute approximate surface area is 189 Å².